The average Bonchev–Trinajstić information content (AvgIpc) is 3.56. The zero-order valence-electron chi connectivity index (χ0n) is 15.2. The lowest BCUT2D eigenvalue weighted by Gasteiger charge is -2.11. The maximum absolute atomic E-state index is 12.8. The second kappa shape index (κ2) is 8.10. The third-order valence-corrected chi connectivity index (χ3v) is 5.29. The maximum Gasteiger partial charge on any atom is 0.252 e. The highest BCUT2D eigenvalue weighted by atomic mass is 79.9. The second-order valence-corrected chi connectivity index (χ2v) is 7.82. The van der Waals surface area contributed by atoms with Gasteiger partial charge in [-0.05, 0) is 37.1 Å². The summed E-state index contributed by atoms with van der Waals surface area (Å²) in [6.45, 7) is 0.825. The first-order valence-electron chi connectivity index (χ1n) is 9.33. The molecule has 1 saturated carbocycles. The molecule has 6 heteroatoms. The number of aromatic nitrogens is 1. The number of hydrogen-bond acceptors (Lipinski definition) is 3. The van der Waals surface area contributed by atoms with Gasteiger partial charge in [-0.1, -0.05) is 46.3 Å². The van der Waals surface area contributed by atoms with Crippen LogP contribution in [0.25, 0.3) is 22.2 Å². The summed E-state index contributed by atoms with van der Waals surface area (Å²) in [5, 5.41) is 6.57. The van der Waals surface area contributed by atoms with Gasteiger partial charge in [-0.3, -0.25) is 9.59 Å². The van der Waals surface area contributed by atoms with E-state index in [1.807, 2.05) is 54.6 Å². The molecule has 0 aliphatic heterocycles. The minimum Gasteiger partial charge on any atom is -0.354 e. The molecule has 1 aliphatic rings. The van der Waals surface area contributed by atoms with Crippen LogP contribution >= 0.6 is 15.9 Å². The molecular formula is C22H20BrN3O2. The summed E-state index contributed by atoms with van der Waals surface area (Å²) in [7, 11) is 0. The molecule has 142 valence electrons. The minimum atomic E-state index is -0.169. The fourth-order valence-electron chi connectivity index (χ4n) is 3.08. The van der Waals surface area contributed by atoms with Crippen molar-refractivity contribution in [2.24, 2.45) is 5.92 Å². The van der Waals surface area contributed by atoms with E-state index in [-0.39, 0.29) is 17.7 Å². The van der Waals surface area contributed by atoms with Crippen LogP contribution in [0.2, 0.25) is 0 Å². The van der Waals surface area contributed by atoms with Gasteiger partial charge in [-0.25, -0.2) is 4.98 Å². The van der Waals surface area contributed by atoms with Gasteiger partial charge in [0.1, 0.15) is 0 Å². The van der Waals surface area contributed by atoms with Crippen molar-refractivity contribution in [1.29, 1.82) is 0 Å². The molecule has 1 heterocycles. The van der Waals surface area contributed by atoms with E-state index in [0.29, 0.717) is 18.7 Å². The first-order chi connectivity index (χ1) is 13.6. The number of hydrogen-bond donors (Lipinski definition) is 2. The Bertz CT molecular complexity index is 1030. The molecule has 0 unspecified atom stereocenters. The van der Waals surface area contributed by atoms with E-state index in [4.69, 9.17) is 4.98 Å². The van der Waals surface area contributed by atoms with Gasteiger partial charge in [-0.15, -0.1) is 0 Å². The van der Waals surface area contributed by atoms with Crippen molar-refractivity contribution >= 4 is 38.6 Å². The van der Waals surface area contributed by atoms with Gasteiger partial charge in [0.25, 0.3) is 5.91 Å². The van der Waals surface area contributed by atoms with Crippen molar-refractivity contribution < 1.29 is 9.59 Å². The van der Waals surface area contributed by atoms with Crippen LogP contribution in [0.4, 0.5) is 0 Å². The summed E-state index contributed by atoms with van der Waals surface area (Å²) in [5.41, 5.74) is 3.05. The quantitative estimate of drug-likeness (QED) is 0.574. The third kappa shape index (κ3) is 4.22. The van der Waals surface area contributed by atoms with Crippen molar-refractivity contribution in [1.82, 2.24) is 15.6 Å². The van der Waals surface area contributed by atoms with Crippen LogP contribution < -0.4 is 10.6 Å². The summed E-state index contributed by atoms with van der Waals surface area (Å²) >= 11 is 3.44. The van der Waals surface area contributed by atoms with E-state index < -0.39 is 0 Å². The molecule has 1 fully saturated rings. The van der Waals surface area contributed by atoms with Crippen molar-refractivity contribution in [3.63, 3.8) is 0 Å². The molecule has 1 aliphatic carbocycles. The average molecular weight is 438 g/mol. The minimum absolute atomic E-state index is 0.0844. The van der Waals surface area contributed by atoms with Gasteiger partial charge in [-0.2, -0.15) is 0 Å². The number of carbonyl (C=O) groups excluding carboxylic acids is 2. The molecule has 4 rings (SSSR count). The van der Waals surface area contributed by atoms with Crippen LogP contribution in [0.1, 0.15) is 23.2 Å². The Hall–Kier alpha value is -2.73. The Morgan fingerprint density at radius 1 is 1.00 bits per heavy atom. The Morgan fingerprint density at radius 3 is 2.46 bits per heavy atom. The number of amides is 2. The fourth-order valence-corrected chi connectivity index (χ4v) is 3.34. The lowest BCUT2D eigenvalue weighted by Crippen LogP contribution is -2.35. The number of nitrogens with one attached hydrogen (secondary N) is 2. The van der Waals surface area contributed by atoms with Gasteiger partial charge in [0.2, 0.25) is 5.91 Å². The predicted molar refractivity (Wildman–Crippen MR) is 113 cm³/mol. The van der Waals surface area contributed by atoms with Gasteiger partial charge >= 0.3 is 0 Å². The SMILES string of the molecule is O=C(NCCNC(=O)C1CC1)c1cc(-c2ccc(Br)cc2)nc2ccccc12. The number of benzene rings is 2. The van der Waals surface area contributed by atoms with Gasteiger partial charge in [0, 0.05) is 34.4 Å². The lowest BCUT2D eigenvalue weighted by atomic mass is 10.0. The molecule has 0 radical (unpaired) electrons. The molecule has 0 bridgehead atoms. The van der Waals surface area contributed by atoms with Crippen LogP contribution in [0, 0.1) is 5.92 Å². The molecule has 2 amide bonds. The zero-order valence-corrected chi connectivity index (χ0v) is 16.8. The number of halogens is 1. The highest BCUT2D eigenvalue weighted by molar-refractivity contribution is 9.10. The van der Waals surface area contributed by atoms with Crippen LogP contribution in [0.3, 0.4) is 0 Å². The van der Waals surface area contributed by atoms with E-state index in [9.17, 15) is 9.59 Å². The largest absolute Gasteiger partial charge is 0.354 e. The van der Waals surface area contributed by atoms with E-state index in [0.717, 1.165) is 39.5 Å². The van der Waals surface area contributed by atoms with E-state index in [1.165, 1.54) is 0 Å². The molecule has 5 nitrogen and oxygen atoms in total. The molecule has 3 aromatic rings. The lowest BCUT2D eigenvalue weighted by molar-refractivity contribution is -0.122. The highest BCUT2D eigenvalue weighted by Gasteiger charge is 2.29. The number of rotatable bonds is 6. The van der Waals surface area contributed by atoms with E-state index in [1.54, 1.807) is 0 Å². The number of para-hydroxylation sites is 1. The highest BCUT2D eigenvalue weighted by Crippen LogP contribution is 2.28. The van der Waals surface area contributed by atoms with Crippen LogP contribution in [-0.4, -0.2) is 29.9 Å². The second-order valence-electron chi connectivity index (χ2n) is 6.90. The van der Waals surface area contributed by atoms with Crippen LogP contribution in [0.5, 0.6) is 0 Å². The fraction of sp³-hybridized carbons (Fsp3) is 0.227. The number of carbonyl (C=O) groups is 2. The summed E-state index contributed by atoms with van der Waals surface area (Å²) in [5.74, 6) is 0.0899. The monoisotopic (exact) mass is 437 g/mol. The Labute approximate surface area is 171 Å². The Balaban J connectivity index is 1.55. The Kier molecular flexibility index (Phi) is 5.39. The molecule has 0 atom stereocenters. The first-order valence-corrected chi connectivity index (χ1v) is 10.1. The number of nitrogens with zero attached hydrogens (tertiary/aromatic N) is 1. The number of fused-ring (bicyclic) bond motifs is 1. The third-order valence-electron chi connectivity index (χ3n) is 4.76. The van der Waals surface area contributed by atoms with Crippen LogP contribution in [-0.2, 0) is 4.79 Å². The molecule has 0 saturated heterocycles. The molecule has 28 heavy (non-hydrogen) atoms. The van der Waals surface area contributed by atoms with Gasteiger partial charge in [0.15, 0.2) is 0 Å². The molecule has 1 aromatic heterocycles. The molecular weight excluding hydrogens is 418 g/mol. The van der Waals surface area contributed by atoms with E-state index in [2.05, 4.69) is 26.6 Å². The van der Waals surface area contributed by atoms with Gasteiger partial charge in [0.05, 0.1) is 16.8 Å². The zero-order chi connectivity index (χ0) is 19.5. The summed E-state index contributed by atoms with van der Waals surface area (Å²) in [4.78, 5) is 29.2. The van der Waals surface area contributed by atoms with Crippen molar-refractivity contribution in [2.75, 3.05) is 13.1 Å². The van der Waals surface area contributed by atoms with Gasteiger partial charge < -0.3 is 10.6 Å². The summed E-state index contributed by atoms with van der Waals surface area (Å²) in [6, 6.07) is 17.3. The standard InChI is InChI=1S/C22H20BrN3O2/c23-16-9-7-14(8-10-16)20-13-18(17-3-1-2-4-19(17)26-20)22(28)25-12-11-24-21(27)15-5-6-15/h1-4,7-10,13,15H,5-6,11-12H2,(H,24,27)(H,25,28). The predicted octanol–water partition coefficient (Wildman–Crippen LogP) is 3.92. The number of pyridine rings is 1. The van der Waals surface area contributed by atoms with Crippen LogP contribution in [0.15, 0.2) is 59.1 Å². The summed E-state index contributed by atoms with van der Waals surface area (Å²) in [6.07, 6.45) is 1.94. The van der Waals surface area contributed by atoms with Crippen molar-refractivity contribution in [2.45, 2.75) is 12.8 Å². The smallest absolute Gasteiger partial charge is 0.252 e. The first kappa shape index (κ1) is 18.6. The molecule has 0 spiro atoms. The Morgan fingerprint density at radius 2 is 1.71 bits per heavy atom. The molecule has 2 aromatic carbocycles. The van der Waals surface area contributed by atoms with Crippen molar-refractivity contribution in [3.8, 4) is 11.3 Å². The normalized spacial score (nSPS) is 13.3. The maximum atomic E-state index is 12.8. The van der Waals surface area contributed by atoms with E-state index >= 15 is 0 Å². The van der Waals surface area contributed by atoms with Crippen molar-refractivity contribution in [3.05, 3.63) is 64.6 Å². The summed E-state index contributed by atoms with van der Waals surface area (Å²) < 4.78 is 0.989. The topological polar surface area (TPSA) is 71.1 Å². The molecule has 2 N–H and O–H groups in total.